The van der Waals surface area contributed by atoms with Crippen molar-refractivity contribution in [1.82, 2.24) is 23.7 Å². The summed E-state index contributed by atoms with van der Waals surface area (Å²) in [4.78, 5) is 9.75. The molecule has 0 bridgehead atoms. The van der Waals surface area contributed by atoms with Crippen LogP contribution in [0.2, 0.25) is 0 Å². The van der Waals surface area contributed by atoms with Crippen molar-refractivity contribution in [2.24, 2.45) is 0 Å². The molecule has 0 atom stereocenters. The average molecular weight is 846 g/mol. The lowest BCUT2D eigenvalue weighted by Gasteiger charge is -2.22. The van der Waals surface area contributed by atoms with Gasteiger partial charge in [0.05, 0.1) is 44.5 Å². The van der Waals surface area contributed by atoms with Gasteiger partial charge in [0, 0.05) is 66.1 Å². The van der Waals surface area contributed by atoms with Gasteiger partial charge in [-0.2, -0.15) is 0 Å². The van der Waals surface area contributed by atoms with E-state index in [0.29, 0.717) is 0 Å². The van der Waals surface area contributed by atoms with E-state index in [1.807, 2.05) is 6.92 Å². The Hall–Kier alpha value is -8.54. The van der Waals surface area contributed by atoms with Crippen LogP contribution in [0.15, 0.2) is 206 Å². The van der Waals surface area contributed by atoms with E-state index in [4.69, 9.17) is 4.98 Å². The molecule has 9 aromatic carbocycles. The van der Waals surface area contributed by atoms with Crippen LogP contribution < -0.4 is 0 Å². The first-order chi connectivity index (χ1) is 32.5. The quantitative estimate of drug-likeness (QED) is 0.167. The zero-order valence-corrected chi connectivity index (χ0v) is 36.9. The Morgan fingerprint density at radius 1 is 0.318 bits per heavy atom. The lowest BCUT2D eigenvalue weighted by Crippen LogP contribution is -2.03. The monoisotopic (exact) mass is 845 g/mol. The van der Waals surface area contributed by atoms with Gasteiger partial charge in [-0.25, -0.2) is 9.97 Å². The maximum absolute atomic E-state index is 5.06. The Morgan fingerprint density at radius 2 is 0.712 bits per heavy atom. The van der Waals surface area contributed by atoms with Crippen molar-refractivity contribution in [2.45, 2.75) is 20.8 Å². The molecule has 13 rings (SSSR count). The Bertz CT molecular complexity index is 3760. The highest BCUT2D eigenvalue weighted by Gasteiger charge is 2.23. The second-order valence-electron chi connectivity index (χ2n) is 17.6. The standard InChI is InChI=1S/C61H43N5/c1-38-24-33-60-53(34-38)50-18-8-13-23-59(50)66(60)61-51(41-25-29-44(30-26-41)64-55-19-9-4-14-46(55)47-15-5-10-20-56(47)64)36-43(54-35-39(2)62-40(3)63-54)37-52(61)42-27-31-45(32-28-42)65-57-21-11-6-16-48(57)49-17-7-12-22-58(49)65/h4-37H,1-3H3. The third-order valence-electron chi connectivity index (χ3n) is 13.5. The summed E-state index contributed by atoms with van der Waals surface area (Å²) in [7, 11) is 0. The van der Waals surface area contributed by atoms with Crippen molar-refractivity contribution in [1.29, 1.82) is 0 Å². The van der Waals surface area contributed by atoms with Crippen molar-refractivity contribution in [3.63, 3.8) is 0 Å². The molecule has 0 fully saturated rings. The summed E-state index contributed by atoms with van der Waals surface area (Å²) in [6, 6.07) is 75.6. The van der Waals surface area contributed by atoms with Gasteiger partial charge >= 0.3 is 0 Å². The fraction of sp³-hybridized carbons (Fsp3) is 0.0492. The van der Waals surface area contributed by atoms with Crippen LogP contribution in [0.3, 0.4) is 0 Å². The van der Waals surface area contributed by atoms with E-state index < -0.39 is 0 Å². The van der Waals surface area contributed by atoms with E-state index in [2.05, 4.69) is 239 Å². The summed E-state index contributed by atoms with van der Waals surface area (Å²) < 4.78 is 7.27. The second-order valence-corrected chi connectivity index (χ2v) is 17.6. The second kappa shape index (κ2) is 14.8. The molecule has 0 radical (unpaired) electrons. The summed E-state index contributed by atoms with van der Waals surface area (Å²) in [5.74, 6) is 0.751. The number of para-hydroxylation sites is 5. The molecule has 4 aromatic heterocycles. The number of hydrogen-bond donors (Lipinski definition) is 0. The van der Waals surface area contributed by atoms with Crippen LogP contribution in [0, 0.1) is 20.8 Å². The number of rotatable bonds is 6. The molecular weight excluding hydrogens is 803 g/mol. The molecule has 4 heterocycles. The Labute approximate surface area is 382 Å². The number of aryl methyl sites for hydroxylation is 3. The maximum atomic E-state index is 5.06. The minimum Gasteiger partial charge on any atom is -0.309 e. The first-order valence-electron chi connectivity index (χ1n) is 22.7. The molecule has 5 heteroatoms. The van der Waals surface area contributed by atoms with Crippen molar-refractivity contribution in [3.8, 4) is 50.6 Å². The predicted molar refractivity (Wildman–Crippen MR) is 276 cm³/mol. The lowest BCUT2D eigenvalue weighted by atomic mass is 9.91. The number of fused-ring (bicyclic) bond motifs is 9. The molecule has 0 N–H and O–H groups in total. The van der Waals surface area contributed by atoms with Crippen LogP contribution in [0.5, 0.6) is 0 Å². The molecule has 66 heavy (non-hydrogen) atoms. The highest BCUT2D eigenvalue weighted by molar-refractivity contribution is 6.12. The fourth-order valence-electron chi connectivity index (χ4n) is 10.6. The number of benzene rings is 9. The van der Waals surface area contributed by atoms with Gasteiger partial charge in [0.25, 0.3) is 0 Å². The molecule has 0 aliphatic heterocycles. The topological polar surface area (TPSA) is 40.6 Å². The van der Waals surface area contributed by atoms with Crippen molar-refractivity contribution in [2.75, 3.05) is 0 Å². The van der Waals surface area contributed by atoms with Crippen LogP contribution in [0.25, 0.3) is 116 Å². The first kappa shape index (κ1) is 38.0. The van der Waals surface area contributed by atoms with Crippen LogP contribution in [-0.2, 0) is 0 Å². The molecule has 0 saturated carbocycles. The molecule has 0 aliphatic rings. The van der Waals surface area contributed by atoms with Crippen LogP contribution in [0.1, 0.15) is 17.1 Å². The van der Waals surface area contributed by atoms with E-state index in [1.165, 1.54) is 59.9 Å². The smallest absolute Gasteiger partial charge is 0.126 e. The molecule has 0 aliphatic carbocycles. The van der Waals surface area contributed by atoms with Gasteiger partial charge < -0.3 is 13.7 Å². The third kappa shape index (κ3) is 5.87. The highest BCUT2D eigenvalue weighted by atomic mass is 15.0. The zero-order valence-electron chi connectivity index (χ0n) is 36.9. The van der Waals surface area contributed by atoms with Crippen molar-refractivity contribution < 1.29 is 0 Å². The molecule has 0 amide bonds. The SMILES string of the molecule is Cc1ccc2c(c1)c1ccccc1n2-c1c(-c2ccc(-n3c4ccccc4c4ccccc43)cc2)cc(-c2cc(C)nc(C)n2)cc1-c1ccc(-n2c3ccccc3c3ccccc32)cc1. The Morgan fingerprint density at radius 3 is 1.15 bits per heavy atom. The molecule has 0 unspecified atom stereocenters. The average Bonchev–Trinajstić information content (AvgIpc) is 3.99. The highest BCUT2D eigenvalue weighted by Crippen LogP contribution is 2.45. The van der Waals surface area contributed by atoms with E-state index in [-0.39, 0.29) is 0 Å². The normalized spacial score (nSPS) is 11.9. The van der Waals surface area contributed by atoms with Crippen LogP contribution >= 0.6 is 0 Å². The minimum atomic E-state index is 0.751. The summed E-state index contributed by atoms with van der Waals surface area (Å²) >= 11 is 0. The summed E-state index contributed by atoms with van der Waals surface area (Å²) in [5, 5.41) is 7.45. The van der Waals surface area contributed by atoms with Gasteiger partial charge in [0.15, 0.2) is 0 Å². The number of nitrogens with zero attached hydrogens (tertiary/aromatic N) is 5. The Kier molecular flexibility index (Phi) is 8.49. The molecule has 5 nitrogen and oxygen atoms in total. The van der Waals surface area contributed by atoms with E-state index in [1.54, 1.807) is 0 Å². The van der Waals surface area contributed by atoms with Crippen molar-refractivity contribution >= 4 is 65.4 Å². The third-order valence-corrected chi connectivity index (χ3v) is 13.5. The summed E-state index contributed by atoms with van der Waals surface area (Å²) in [6.45, 7) is 6.21. The first-order valence-corrected chi connectivity index (χ1v) is 22.7. The van der Waals surface area contributed by atoms with E-state index >= 15 is 0 Å². The van der Waals surface area contributed by atoms with Gasteiger partial charge in [-0.05, 0) is 117 Å². The molecule has 13 aromatic rings. The van der Waals surface area contributed by atoms with E-state index in [0.717, 1.165) is 73.1 Å². The molecule has 0 spiro atoms. The fourth-order valence-corrected chi connectivity index (χ4v) is 10.6. The molecule has 312 valence electrons. The predicted octanol–water partition coefficient (Wildman–Crippen LogP) is 15.7. The number of aromatic nitrogens is 5. The largest absolute Gasteiger partial charge is 0.309 e. The molecule has 0 saturated heterocycles. The molecular formula is C61H43N5. The van der Waals surface area contributed by atoms with Crippen LogP contribution in [0.4, 0.5) is 0 Å². The van der Waals surface area contributed by atoms with E-state index in [9.17, 15) is 0 Å². The number of hydrogen-bond acceptors (Lipinski definition) is 2. The van der Waals surface area contributed by atoms with Gasteiger partial charge in [-0.15, -0.1) is 0 Å². The van der Waals surface area contributed by atoms with Gasteiger partial charge in [-0.3, -0.25) is 0 Å². The van der Waals surface area contributed by atoms with Gasteiger partial charge in [-0.1, -0.05) is 127 Å². The van der Waals surface area contributed by atoms with Crippen LogP contribution in [-0.4, -0.2) is 23.7 Å². The lowest BCUT2D eigenvalue weighted by molar-refractivity contribution is 1.02. The minimum absolute atomic E-state index is 0.751. The summed E-state index contributed by atoms with van der Waals surface area (Å²) in [5.41, 5.74) is 19.0. The zero-order chi connectivity index (χ0) is 44.0. The maximum Gasteiger partial charge on any atom is 0.126 e. The summed E-state index contributed by atoms with van der Waals surface area (Å²) in [6.07, 6.45) is 0. The van der Waals surface area contributed by atoms with Crippen molar-refractivity contribution in [3.05, 3.63) is 223 Å². The van der Waals surface area contributed by atoms with Gasteiger partial charge in [0.2, 0.25) is 0 Å². The van der Waals surface area contributed by atoms with Gasteiger partial charge in [0.1, 0.15) is 5.82 Å². The Balaban J connectivity index is 1.09.